The number of hydrogen-bond acceptors (Lipinski definition) is 5. The van der Waals surface area contributed by atoms with Crippen molar-refractivity contribution in [2.24, 2.45) is 5.73 Å². The number of thiazole rings is 1. The second-order valence-electron chi connectivity index (χ2n) is 5.03. The number of carbonyl (C=O) groups is 1. The van der Waals surface area contributed by atoms with Crippen LogP contribution in [0.25, 0.3) is 0 Å². The highest BCUT2D eigenvalue weighted by Gasteiger charge is 2.26. The van der Waals surface area contributed by atoms with Crippen molar-refractivity contribution in [1.82, 2.24) is 4.98 Å². The van der Waals surface area contributed by atoms with Crippen molar-refractivity contribution in [2.45, 2.75) is 6.42 Å². The van der Waals surface area contributed by atoms with E-state index in [1.165, 1.54) is 11.3 Å². The van der Waals surface area contributed by atoms with Crippen molar-refractivity contribution in [3.8, 4) is 0 Å². The molecule has 0 spiro atoms. The van der Waals surface area contributed by atoms with Gasteiger partial charge in [-0.1, -0.05) is 12.1 Å². The number of aromatic nitrogens is 1. The first-order valence-electron chi connectivity index (χ1n) is 6.97. The Hall–Kier alpha value is -1.34. The summed E-state index contributed by atoms with van der Waals surface area (Å²) in [6, 6.07) is 7.97. The lowest BCUT2D eigenvalue weighted by molar-refractivity contribution is 0.0982. The van der Waals surface area contributed by atoms with Crippen LogP contribution in [0.1, 0.15) is 15.5 Å². The highest BCUT2D eigenvalue weighted by Crippen LogP contribution is 2.32. The number of likely N-dealkylation sites (N-methyl/N-ethyl adjacent to an activating group) is 1. The smallest absolute Gasteiger partial charge is 0.277 e. The summed E-state index contributed by atoms with van der Waals surface area (Å²) in [5, 5.41) is 2.75. The molecule has 5 nitrogen and oxygen atoms in total. The summed E-state index contributed by atoms with van der Waals surface area (Å²) < 4.78 is 0. The Morgan fingerprint density at radius 2 is 1.96 bits per heavy atom. The molecule has 1 aliphatic rings. The van der Waals surface area contributed by atoms with Crippen LogP contribution in [-0.2, 0) is 6.42 Å². The number of anilines is 2. The van der Waals surface area contributed by atoms with Crippen LogP contribution in [0, 0.1) is 0 Å². The summed E-state index contributed by atoms with van der Waals surface area (Å²) in [7, 11) is 2.04. The third-order valence-corrected chi connectivity index (χ3v) is 4.53. The average molecular weight is 375 g/mol. The molecular formula is C15H20Cl2N4OS. The minimum absolute atomic E-state index is 0. The Kier molecular flexibility index (Phi) is 7.28. The van der Waals surface area contributed by atoms with Crippen LogP contribution in [-0.4, -0.2) is 37.6 Å². The van der Waals surface area contributed by atoms with Gasteiger partial charge in [-0.2, -0.15) is 0 Å². The standard InChI is InChI=1S/C15H18N4OS.2ClH/c1-18-8-9-19(13-5-3-2-4-12(13)18)15(20)11-10-21-14(17-11)6-7-16;;/h2-5,10H,6-9,16H2,1H3;2*1H. The highest BCUT2D eigenvalue weighted by atomic mass is 35.5. The Balaban J connectivity index is 0.00000132. The zero-order chi connectivity index (χ0) is 14.8. The molecular weight excluding hydrogens is 355 g/mol. The fraction of sp³-hybridized carbons (Fsp3) is 0.333. The summed E-state index contributed by atoms with van der Waals surface area (Å²) in [6.07, 6.45) is 0.720. The number of carbonyl (C=O) groups excluding carboxylic acids is 1. The number of fused-ring (bicyclic) bond motifs is 1. The van der Waals surface area contributed by atoms with E-state index in [1.54, 1.807) is 0 Å². The largest absolute Gasteiger partial charge is 0.371 e. The summed E-state index contributed by atoms with van der Waals surface area (Å²) in [5.74, 6) is -0.0323. The lowest BCUT2D eigenvalue weighted by atomic mass is 10.1. The molecule has 0 saturated heterocycles. The molecule has 126 valence electrons. The van der Waals surface area contributed by atoms with E-state index in [9.17, 15) is 4.79 Å². The van der Waals surface area contributed by atoms with Crippen LogP contribution in [0.2, 0.25) is 0 Å². The molecule has 1 amide bonds. The van der Waals surface area contributed by atoms with E-state index in [0.717, 1.165) is 29.3 Å². The zero-order valence-corrected chi connectivity index (χ0v) is 15.2. The van der Waals surface area contributed by atoms with E-state index in [1.807, 2.05) is 41.6 Å². The van der Waals surface area contributed by atoms with E-state index >= 15 is 0 Å². The molecule has 0 bridgehead atoms. The van der Waals surface area contributed by atoms with Gasteiger partial charge in [0.05, 0.1) is 16.4 Å². The Morgan fingerprint density at radius 1 is 1.26 bits per heavy atom. The van der Waals surface area contributed by atoms with Crippen molar-refractivity contribution in [3.05, 3.63) is 40.3 Å². The highest BCUT2D eigenvalue weighted by molar-refractivity contribution is 7.09. The van der Waals surface area contributed by atoms with Crippen LogP contribution >= 0.6 is 36.2 Å². The van der Waals surface area contributed by atoms with E-state index in [2.05, 4.69) is 9.88 Å². The van der Waals surface area contributed by atoms with E-state index in [-0.39, 0.29) is 30.7 Å². The third kappa shape index (κ3) is 3.95. The van der Waals surface area contributed by atoms with Crippen LogP contribution in [0.15, 0.2) is 29.6 Å². The number of benzene rings is 1. The fourth-order valence-electron chi connectivity index (χ4n) is 2.50. The molecule has 1 aromatic carbocycles. The predicted molar refractivity (Wildman–Crippen MR) is 101 cm³/mol. The molecule has 8 heteroatoms. The fourth-order valence-corrected chi connectivity index (χ4v) is 3.29. The maximum absolute atomic E-state index is 12.7. The first kappa shape index (κ1) is 19.7. The molecule has 0 fully saturated rings. The first-order valence-corrected chi connectivity index (χ1v) is 7.85. The molecule has 1 aliphatic heterocycles. The Morgan fingerprint density at radius 3 is 2.65 bits per heavy atom. The van der Waals surface area contributed by atoms with Gasteiger partial charge >= 0.3 is 0 Å². The van der Waals surface area contributed by atoms with E-state index in [0.29, 0.717) is 18.8 Å². The SMILES string of the molecule is CN1CCN(C(=O)c2csc(CCN)n2)c2ccccc21.Cl.Cl. The number of rotatable bonds is 3. The molecule has 2 heterocycles. The molecule has 0 saturated carbocycles. The maximum atomic E-state index is 12.7. The quantitative estimate of drug-likeness (QED) is 0.896. The van der Waals surface area contributed by atoms with Gasteiger partial charge < -0.3 is 15.5 Å². The van der Waals surface area contributed by atoms with Crippen molar-refractivity contribution in [2.75, 3.05) is 36.5 Å². The lowest BCUT2D eigenvalue weighted by Gasteiger charge is -2.35. The predicted octanol–water partition coefficient (Wildman–Crippen LogP) is 2.58. The maximum Gasteiger partial charge on any atom is 0.277 e. The van der Waals surface area contributed by atoms with Crippen molar-refractivity contribution in [1.29, 1.82) is 0 Å². The zero-order valence-electron chi connectivity index (χ0n) is 12.8. The van der Waals surface area contributed by atoms with Gasteiger partial charge in [-0.3, -0.25) is 4.79 Å². The number of nitrogens with zero attached hydrogens (tertiary/aromatic N) is 3. The monoisotopic (exact) mass is 374 g/mol. The van der Waals surface area contributed by atoms with Gasteiger partial charge in [0.2, 0.25) is 0 Å². The molecule has 1 aromatic heterocycles. The van der Waals surface area contributed by atoms with Gasteiger partial charge in [-0.05, 0) is 18.7 Å². The topological polar surface area (TPSA) is 62.5 Å². The van der Waals surface area contributed by atoms with Crippen LogP contribution in [0.4, 0.5) is 11.4 Å². The van der Waals surface area contributed by atoms with Crippen molar-refractivity contribution >= 4 is 53.4 Å². The molecule has 0 aliphatic carbocycles. The summed E-state index contributed by atoms with van der Waals surface area (Å²) in [6.45, 7) is 2.05. The van der Waals surface area contributed by atoms with E-state index in [4.69, 9.17) is 5.73 Å². The number of halogens is 2. The Bertz CT molecular complexity index is 664. The van der Waals surface area contributed by atoms with Gasteiger partial charge in [0.25, 0.3) is 5.91 Å². The number of amides is 1. The van der Waals surface area contributed by atoms with E-state index < -0.39 is 0 Å². The van der Waals surface area contributed by atoms with Crippen LogP contribution in [0.5, 0.6) is 0 Å². The minimum Gasteiger partial charge on any atom is -0.371 e. The molecule has 2 aromatic rings. The van der Waals surface area contributed by atoms with Gasteiger partial charge in [-0.15, -0.1) is 36.2 Å². The third-order valence-electron chi connectivity index (χ3n) is 3.62. The van der Waals surface area contributed by atoms with Crippen molar-refractivity contribution < 1.29 is 4.79 Å². The van der Waals surface area contributed by atoms with Crippen molar-refractivity contribution in [3.63, 3.8) is 0 Å². The molecule has 0 atom stereocenters. The molecule has 0 unspecified atom stereocenters. The first-order chi connectivity index (χ1) is 10.2. The summed E-state index contributed by atoms with van der Waals surface area (Å²) in [5.41, 5.74) is 8.08. The molecule has 3 rings (SSSR count). The van der Waals surface area contributed by atoms with Gasteiger partial charge in [-0.25, -0.2) is 4.98 Å². The normalized spacial score (nSPS) is 13.0. The number of para-hydroxylation sites is 2. The molecule has 2 N–H and O–H groups in total. The number of hydrogen-bond donors (Lipinski definition) is 1. The average Bonchev–Trinajstić information content (AvgIpc) is 2.96. The van der Waals surface area contributed by atoms with Gasteiger partial charge in [0, 0.05) is 31.9 Å². The molecule has 0 radical (unpaired) electrons. The van der Waals surface area contributed by atoms with Crippen LogP contribution < -0.4 is 15.5 Å². The van der Waals surface area contributed by atoms with Gasteiger partial charge in [0.15, 0.2) is 0 Å². The van der Waals surface area contributed by atoms with Gasteiger partial charge in [0.1, 0.15) is 5.69 Å². The summed E-state index contributed by atoms with van der Waals surface area (Å²) in [4.78, 5) is 21.1. The Labute approximate surface area is 152 Å². The minimum atomic E-state index is -0.0323. The molecule has 23 heavy (non-hydrogen) atoms. The second kappa shape index (κ2) is 8.49. The summed E-state index contributed by atoms with van der Waals surface area (Å²) >= 11 is 1.50. The lowest BCUT2D eigenvalue weighted by Crippen LogP contribution is -2.42. The van der Waals surface area contributed by atoms with Crippen LogP contribution in [0.3, 0.4) is 0 Å². The second-order valence-corrected chi connectivity index (χ2v) is 5.97. The number of nitrogens with two attached hydrogens (primary N) is 1.